The van der Waals surface area contributed by atoms with Crippen molar-refractivity contribution < 1.29 is 4.92 Å². The quantitative estimate of drug-likeness (QED) is 0.538. The first kappa shape index (κ1) is 12.3. The van der Waals surface area contributed by atoms with Crippen molar-refractivity contribution in [1.82, 2.24) is 9.55 Å². The molecule has 2 aromatic carbocycles. The average molecular weight is 267 g/mol. The predicted molar refractivity (Wildman–Crippen MR) is 76.6 cm³/mol. The van der Waals surface area contributed by atoms with Crippen molar-refractivity contribution in [3.63, 3.8) is 0 Å². The second-order valence-electron chi connectivity index (χ2n) is 4.67. The first-order valence-corrected chi connectivity index (χ1v) is 6.33. The minimum absolute atomic E-state index is 0.0724. The number of nitrogens with zero attached hydrogens (tertiary/aromatic N) is 3. The van der Waals surface area contributed by atoms with E-state index in [0.717, 1.165) is 16.6 Å². The Hall–Kier alpha value is -2.69. The summed E-state index contributed by atoms with van der Waals surface area (Å²) < 4.78 is 1.96. The molecule has 1 unspecified atom stereocenters. The van der Waals surface area contributed by atoms with E-state index in [1.807, 2.05) is 34.9 Å². The maximum Gasteiger partial charge on any atom is 0.271 e. The molecule has 0 aliphatic rings. The van der Waals surface area contributed by atoms with Crippen LogP contribution in [-0.2, 0) is 0 Å². The van der Waals surface area contributed by atoms with E-state index >= 15 is 0 Å². The monoisotopic (exact) mass is 267 g/mol. The third kappa shape index (κ3) is 2.03. The van der Waals surface area contributed by atoms with Gasteiger partial charge in [0.25, 0.3) is 5.69 Å². The fourth-order valence-electron chi connectivity index (χ4n) is 2.33. The van der Waals surface area contributed by atoms with Gasteiger partial charge in [-0.3, -0.25) is 10.1 Å². The normalized spacial score (nSPS) is 12.4. The summed E-state index contributed by atoms with van der Waals surface area (Å²) in [4.78, 5) is 14.8. The number of hydrogen-bond donors (Lipinski definition) is 0. The highest BCUT2D eigenvalue weighted by molar-refractivity contribution is 5.78. The van der Waals surface area contributed by atoms with E-state index < -0.39 is 0 Å². The molecule has 3 aromatic rings. The van der Waals surface area contributed by atoms with Gasteiger partial charge in [0.05, 0.1) is 28.3 Å². The number of nitro groups is 1. The number of benzene rings is 2. The fourth-order valence-corrected chi connectivity index (χ4v) is 2.33. The SMILES string of the molecule is CC(c1ccccc1)n1cnc2ccc([N+](=O)[O-])cc21. The molecule has 5 heteroatoms. The van der Waals surface area contributed by atoms with Crippen molar-refractivity contribution in [1.29, 1.82) is 0 Å². The maximum absolute atomic E-state index is 10.9. The molecule has 0 amide bonds. The largest absolute Gasteiger partial charge is 0.323 e. The highest BCUT2D eigenvalue weighted by Crippen LogP contribution is 2.25. The molecule has 1 atom stereocenters. The zero-order valence-electron chi connectivity index (χ0n) is 10.9. The lowest BCUT2D eigenvalue weighted by molar-refractivity contribution is -0.384. The molecule has 0 spiro atoms. The second kappa shape index (κ2) is 4.77. The number of nitro benzene ring substituents is 1. The van der Waals surface area contributed by atoms with Gasteiger partial charge in [0.2, 0.25) is 0 Å². The molecule has 0 radical (unpaired) electrons. The Balaban J connectivity index is 2.12. The number of hydrogen-bond acceptors (Lipinski definition) is 3. The summed E-state index contributed by atoms with van der Waals surface area (Å²) >= 11 is 0. The molecular formula is C15H13N3O2. The minimum atomic E-state index is -0.385. The zero-order valence-corrected chi connectivity index (χ0v) is 10.9. The predicted octanol–water partition coefficient (Wildman–Crippen LogP) is 3.55. The van der Waals surface area contributed by atoms with Crippen LogP contribution >= 0.6 is 0 Å². The molecule has 0 fully saturated rings. The first-order valence-electron chi connectivity index (χ1n) is 6.33. The molecule has 0 bridgehead atoms. The van der Waals surface area contributed by atoms with E-state index in [2.05, 4.69) is 11.9 Å². The smallest absolute Gasteiger partial charge is 0.271 e. The van der Waals surface area contributed by atoms with Crippen LogP contribution in [0, 0.1) is 10.1 Å². The van der Waals surface area contributed by atoms with Gasteiger partial charge in [0, 0.05) is 12.1 Å². The molecule has 3 rings (SSSR count). The van der Waals surface area contributed by atoms with Crippen molar-refractivity contribution in [2.24, 2.45) is 0 Å². The van der Waals surface area contributed by atoms with Gasteiger partial charge in [-0.05, 0) is 18.6 Å². The molecule has 0 N–H and O–H groups in total. The van der Waals surface area contributed by atoms with Gasteiger partial charge in [-0.25, -0.2) is 4.98 Å². The summed E-state index contributed by atoms with van der Waals surface area (Å²) in [6.45, 7) is 2.05. The Morgan fingerprint density at radius 1 is 1.20 bits per heavy atom. The van der Waals surface area contributed by atoms with E-state index in [9.17, 15) is 10.1 Å². The van der Waals surface area contributed by atoms with Gasteiger partial charge in [-0.2, -0.15) is 0 Å². The van der Waals surface area contributed by atoms with Crippen molar-refractivity contribution in [3.05, 3.63) is 70.5 Å². The summed E-state index contributed by atoms with van der Waals surface area (Å²) in [6, 6.07) is 14.8. The van der Waals surface area contributed by atoms with E-state index in [4.69, 9.17) is 0 Å². The van der Waals surface area contributed by atoms with Gasteiger partial charge in [-0.15, -0.1) is 0 Å². The molecule has 1 aromatic heterocycles. The Morgan fingerprint density at radius 3 is 2.65 bits per heavy atom. The Bertz CT molecular complexity index is 765. The van der Waals surface area contributed by atoms with E-state index in [0.29, 0.717) is 0 Å². The number of non-ortho nitro benzene ring substituents is 1. The zero-order chi connectivity index (χ0) is 14.1. The Morgan fingerprint density at radius 2 is 1.95 bits per heavy atom. The first-order chi connectivity index (χ1) is 9.66. The molecule has 1 heterocycles. The highest BCUT2D eigenvalue weighted by Gasteiger charge is 2.14. The molecule has 0 saturated carbocycles. The minimum Gasteiger partial charge on any atom is -0.323 e. The van der Waals surface area contributed by atoms with Gasteiger partial charge in [-0.1, -0.05) is 30.3 Å². The van der Waals surface area contributed by atoms with Gasteiger partial charge >= 0.3 is 0 Å². The lowest BCUT2D eigenvalue weighted by Gasteiger charge is -2.14. The lowest BCUT2D eigenvalue weighted by Crippen LogP contribution is -2.05. The van der Waals surface area contributed by atoms with Crippen LogP contribution in [0.3, 0.4) is 0 Å². The summed E-state index contributed by atoms with van der Waals surface area (Å²) in [5.74, 6) is 0. The third-order valence-electron chi connectivity index (χ3n) is 3.47. The number of imidazole rings is 1. The van der Waals surface area contributed by atoms with Crippen LogP contribution in [0.1, 0.15) is 18.5 Å². The van der Waals surface area contributed by atoms with Crippen molar-refractivity contribution >= 4 is 16.7 Å². The van der Waals surface area contributed by atoms with Crippen LogP contribution < -0.4 is 0 Å². The Kier molecular flexibility index (Phi) is 2.95. The van der Waals surface area contributed by atoms with Gasteiger partial charge in [0.15, 0.2) is 0 Å². The van der Waals surface area contributed by atoms with Crippen LogP contribution in [0.15, 0.2) is 54.9 Å². The standard InChI is InChI=1S/C15H13N3O2/c1-11(12-5-3-2-4-6-12)17-10-16-14-8-7-13(18(19)20)9-15(14)17/h2-11H,1H3. The molecule has 100 valence electrons. The molecule has 5 nitrogen and oxygen atoms in total. The number of aromatic nitrogens is 2. The second-order valence-corrected chi connectivity index (χ2v) is 4.67. The molecular weight excluding hydrogens is 254 g/mol. The van der Waals surface area contributed by atoms with Crippen LogP contribution in [0.25, 0.3) is 11.0 Å². The van der Waals surface area contributed by atoms with E-state index in [-0.39, 0.29) is 16.7 Å². The summed E-state index contributed by atoms with van der Waals surface area (Å²) in [7, 11) is 0. The van der Waals surface area contributed by atoms with Crippen LogP contribution in [0.4, 0.5) is 5.69 Å². The van der Waals surface area contributed by atoms with Crippen LogP contribution in [0.5, 0.6) is 0 Å². The molecule has 0 aliphatic carbocycles. The van der Waals surface area contributed by atoms with Crippen LogP contribution in [-0.4, -0.2) is 14.5 Å². The average Bonchev–Trinajstić information content (AvgIpc) is 2.90. The maximum atomic E-state index is 10.9. The Labute approximate surface area is 115 Å². The molecule has 0 saturated heterocycles. The summed E-state index contributed by atoms with van der Waals surface area (Å²) in [5, 5.41) is 10.9. The van der Waals surface area contributed by atoms with Gasteiger partial charge < -0.3 is 4.57 Å². The van der Waals surface area contributed by atoms with Crippen LogP contribution in [0.2, 0.25) is 0 Å². The van der Waals surface area contributed by atoms with Crippen molar-refractivity contribution in [3.8, 4) is 0 Å². The number of rotatable bonds is 3. The van der Waals surface area contributed by atoms with Crippen molar-refractivity contribution in [2.45, 2.75) is 13.0 Å². The highest BCUT2D eigenvalue weighted by atomic mass is 16.6. The van der Waals surface area contributed by atoms with E-state index in [1.54, 1.807) is 18.5 Å². The molecule has 20 heavy (non-hydrogen) atoms. The van der Waals surface area contributed by atoms with Crippen molar-refractivity contribution in [2.75, 3.05) is 0 Å². The summed E-state index contributed by atoms with van der Waals surface area (Å²) in [6.07, 6.45) is 1.73. The lowest BCUT2D eigenvalue weighted by atomic mass is 10.1. The topological polar surface area (TPSA) is 61.0 Å². The third-order valence-corrected chi connectivity index (χ3v) is 3.47. The summed E-state index contributed by atoms with van der Waals surface area (Å²) in [5.41, 5.74) is 2.76. The van der Waals surface area contributed by atoms with E-state index in [1.165, 1.54) is 6.07 Å². The molecule has 0 aliphatic heterocycles. The number of fused-ring (bicyclic) bond motifs is 1. The fraction of sp³-hybridized carbons (Fsp3) is 0.133. The van der Waals surface area contributed by atoms with Gasteiger partial charge in [0.1, 0.15) is 0 Å².